The molecule has 2 nitrogen and oxygen atoms in total. The van der Waals surface area contributed by atoms with E-state index in [4.69, 9.17) is 0 Å². The van der Waals surface area contributed by atoms with Crippen LogP contribution >= 0.6 is 12.6 Å². The molecule has 0 aromatic heterocycles. The van der Waals surface area contributed by atoms with Crippen molar-refractivity contribution >= 4 is 18.5 Å². The highest BCUT2D eigenvalue weighted by molar-refractivity contribution is 7.80. The Morgan fingerprint density at radius 2 is 1.95 bits per heavy atom. The Balaban J connectivity index is 1.72. The van der Waals surface area contributed by atoms with Gasteiger partial charge in [-0.15, -0.1) is 12.6 Å². The Kier molecular flexibility index (Phi) is 4.01. The van der Waals surface area contributed by atoms with Crippen molar-refractivity contribution in [3.8, 4) is 0 Å². The van der Waals surface area contributed by atoms with E-state index in [0.29, 0.717) is 11.5 Å². The molecule has 1 saturated heterocycles. The van der Waals surface area contributed by atoms with E-state index >= 15 is 0 Å². The molecule has 1 aromatic carbocycles. The molecule has 20 heavy (non-hydrogen) atoms. The number of benzene rings is 1. The smallest absolute Gasteiger partial charge is 0.253 e. The number of amides is 1. The molecule has 0 radical (unpaired) electrons. The van der Waals surface area contributed by atoms with Crippen molar-refractivity contribution in [2.75, 3.05) is 13.1 Å². The number of likely N-dealkylation sites (tertiary alicyclic amines) is 1. The van der Waals surface area contributed by atoms with Gasteiger partial charge in [0.1, 0.15) is 5.82 Å². The van der Waals surface area contributed by atoms with E-state index in [1.54, 1.807) is 6.07 Å². The molecular weight excluding hydrogens is 273 g/mol. The van der Waals surface area contributed by atoms with Gasteiger partial charge in [-0.2, -0.15) is 0 Å². The zero-order valence-corrected chi connectivity index (χ0v) is 12.4. The van der Waals surface area contributed by atoms with Crippen LogP contribution in [0.5, 0.6) is 0 Å². The lowest BCUT2D eigenvalue weighted by Gasteiger charge is -2.41. The highest BCUT2D eigenvalue weighted by Crippen LogP contribution is 2.36. The van der Waals surface area contributed by atoms with Crippen LogP contribution in [0, 0.1) is 17.7 Å². The Morgan fingerprint density at radius 1 is 1.20 bits per heavy atom. The van der Waals surface area contributed by atoms with Gasteiger partial charge in [0.15, 0.2) is 0 Å². The monoisotopic (exact) mass is 293 g/mol. The van der Waals surface area contributed by atoms with E-state index in [0.717, 1.165) is 25.4 Å². The Labute approximate surface area is 124 Å². The van der Waals surface area contributed by atoms with Gasteiger partial charge >= 0.3 is 0 Å². The molecule has 1 amide bonds. The van der Waals surface area contributed by atoms with Gasteiger partial charge in [-0.05, 0) is 42.9 Å². The van der Waals surface area contributed by atoms with Crippen molar-refractivity contribution in [2.24, 2.45) is 11.8 Å². The van der Waals surface area contributed by atoms with E-state index < -0.39 is 0 Å². The number of fused-ring (bicyclic) bond motifs is 1. The molecule has 1 heterocycles. The maximum Gasteiger partial charge on any atom is 0.253 e. The second-order valence-corrected chi connectivity index (χ2v) is 6.49. The third-order valence-corrected chi connectivity index (χ3v) is 5.11. The molecule has 2 atom stereocenters. The molecule has 2 fully saturated rings. The number of halogens is 1. The summed E-state index contributed by atoms with van der Waals surface area (Å²) in [7, 11) is 0. The largest absolute Gasteiger partial charge is 0.338 e. The lowest BCUT2D eigenvalue weighted by atomic mass is 9.75. The van der Waals surface area contributed by atoms with Crippen molar-refractivity contribution in [1.29, 1.82) is 0 Å². The van der Waals surface area contributed by atoms with Gasteiger partial charge in [-0.1, -0.05) is 19.3 Å². The predicted octanol–water partition coefficient (Wildman–Crippen LogP) is 3.77. The summed E-state index contributed by atoms with van der Waals surface area (Å²) in [4.78, 5) is 14.7. The Morgan fingerprint density at radius 3 is 2.70 bits per heavy atom. The molecule has 2 unspecified atom stereocenters. The summed E-state index contributed by atoms with van der Waals surface area (Å²) in [5, 5.41) is 0. The Bertz CT molecular complexity index is 519. The molecule has 0 N–H and O–H groups in total. The van der Waals surface area contributed by atoms with Crippen LogP contribution in [0.2, 0.25) is 0 Å². The third kappa shape index (κ3) is 2.71. The number of thiol groups is 1. The van der Waals surface area contributed by atoms with Crippen LogP contribution in [-0.2, 0) is 0 Å². The average Bonchev–Trinajstić information content (AvgIpc) is 2.49. The Hall–Kier alpha value is -1.03. The topological polar surface area (TPSA) is 20.3 Å². The minimum atomic E-state index is -0.379. The molecule has 0 bridgehead atoms. The van der Waals surface area contributed by atoms with Crippen LogP contribution in [0.15, 0.2) is 23.1 Å². The fraction of sp³-hybridized carbons (Fsp3) is 0.562. The van der Waals surface area contributed by atoms with E-state index in [1.165, 1.54) is 37.8 Å². The SMILES string of the molecule is O=C(c1ccc(F)c(S)c1)N1CCC2CCCCC2C1. The van der Waals surface area contributed by atoms with Crippen LogP contribution < -0.4 is 0 Å². The summed E-state index contributed by atoms with van der Waals surface area (Å²) in [5.41, 5.74) is 0.547. The van der Waals surface area contributed by atoms with Gasteiger partial charge in [0.25, 0.3) is 5.91 Å². The van der Waals surface area contributed by atoms with E-state index in [2.05, 4.69) is 12.6 Å². The second-order valence-electron chi connectivity index (χ2n) is 6.01. The van der Waals surface area contributed by atoms with Crippen LogP contribution in [0.4, 0.5) is 4.39 Å². The van der Waals surface area contributed by atoms with Crippen LogP contribution in [0.1, 0.15) is 42.5 Å². The van der Waals surface area contributed by atoms with Crippen molar-refractivity contribution in [2.45, 2.75) is 37.0 Å². The van der Waals surface area contributed by atoms with Gasteiger partial charge in [0.2, 0.25) is 0 Å². The standard InChI is InChI=1S/C16H20FNOS/c17-14-6-5-12(9-15(14)20)16(19)18-8-7-11-3-1-2-4-13(11)10-18/h5-6,9,11,13,20H,1-4,7-8,10H2. The first-order valence-corrected chi connectivity index (χ1v) is 7.87. The predicted molar refractivity (Wildman–Crippen MR) is 79.6 cm³/mol. The lowest BCUT2D eigenvalue weighted by molar-refractivity contribution is 0.0520. The number of carbonyl (C=O) groups excluding carboxylic acids is 1. The summed E-state index contributed by atoms with van der Waals surface area (Å²) in [6.45, 7) is 1.70. The van der Waals surface area contributed by atoms with Crippen LogP contribution in [0.25, 0.3) is 0 Å². The fourth-order valence-corrected chi connectivity index (χ4v) is 3.83. The minimum Gasteiger partial charge on any atom is -0.338 e. The van der Waals surface area contributed by atoms with Crippen molar-refractivity contribution in [1.82, 2.24) is 4.90 Å². The fourth-order valence-electron chi connectivity index (χ4n) is 3.61. The molecule has 0 spiro atoms. The van der Waals surface area contributed by atoms with Crippen molar-refractivity contribution < 1.29 is 9.18 Å². The van der Waals surface area contributed by atoms with E-state index in [1.807, 2.05) is 4.90 Å². The van der Waals surface area contributed by atoms with Gasteiger partial charge in [-0.25, -0.2) is 4.39 Å². The van der Waals surface area contributed by atoms with Crippen LogP contribution in [0.3, 0.4) is 0 Å². The summed E-state index contributed by atoms with van der Waals surface area (Å²) >= 11 is 4.05. The minimum absolute atomic E-state index is 0.0179. The lowest BCUT2D eigenvalue weighted by Crippen LogP contribution is -2.44. The first-order valence-electron chi connectivity index (χ1n) is 7.43. The molecule has 1 saturated carbocycles. The molecule has 108 valence electrons. The van der Waals surface area contributed by atoms with Crippen molar-refractivity contribution in [3.05, 3.63) is 29.6 Å². The highest BCUT2D eigenvalue weighted by atomic mass is 32.1. The molecule has 4 heteroatoms. The first kappa shape index (κ1) is 13.9. The molecule has 1 aliphatic heterocycles. The average molecular weight is 293 g/mol. The quantitative estimate of drug-likeness (QED) is 0.782. The maximum atomic E-state index is 13.2. The molecular formula is C16H20FNOS. The van der Waals surface area contributed by atoms with Gasteiger partial charge in [0.05, 0.1) is 0 Å². The number of hydrogen-bond donors (Lipinski definition) is 1. The number of nitrogens with zero attached hydrogens (tertiary/aromatic N) is 1. The zero-order chi connectivity index (χ0) is 14.1. The highest BCUT2D eigenvalue weighted by Gasteiger charge is 2.33. The summed E-state index contributed by atoms with van der Waals surface area (Å²) in [5.74, 6) is 1.11. The summed E-state index contributed by atoms with van der Waals surface area (Å²) < 4.78 is 13.2. The number of hydrogen-bond acceptors (Lipinski definition) is 2. The summed E-state index contributed by atoms with van der Waals surface area (Å²) in [6.07, 6.45) is 6.32. The third-order valence-electron chi connectivity index (χ3n) is 4.77. The van der Waals surface area contributed by atoms with Gasteiger partial charge in [-0.3, -0.25) is 4.79 Å². The number of carbonyl (C=O) groups is 1. The molecule has 1 aromatic rings. The van der Waals surface area contributed by atoms with Crippen LogP contribution in [-0.4, -0.2) is 23.9 Å². The van der Waals surface area contributed by atoms with Crippen molar-refractivity contribution in [3.63, 3.8) is 0 Å². The van der Waals surface area contributed by atoms with E-state index in [9.17, 15) is 9.18 Å². The van der Waals surface area contributed by atoms with Gasteiger partial charge in [0, 0.05) is 23.5 Å². The first-order chi connectivity index (χ1) is 9.65. The normalized spacial score (nSPS) is 26.2. The maximum absolute atomic E-state index is 13.2. The number of piperidine rings is 1. The van der Waals surface area contributed by atoms with Gasteiger partial charge < -0.3 is 4.90 Å². The molecule has 2 aliphatic rings. The molecule has 1 aliphatic carbocycles. The summed E-state index contributed by atoms with van der Waals surface area (Å²) in [6, 6.07) is 4.42. The van der Waals surface area contributed by atoms with E-state index in [-0.39, 0.29) is 16.6 Å². The number of rotatable bonds is 1. The molecule has 3 rings (SSSR count). The zero-order valence-electron chi connectivity index (χ0n) is 11.5. The second kappa shape index (κ2) is 5.76.